The Labute approximate surface area is 162 Å². The Hall–Kier alpha value is -3.45. The molecule has 2 aromatic heterocycles. The van der Waals surface area contributed by atoms with Crippen LogP contribution in [0.2, 0.25) is 0 Å². The van der Waals surface area contributed by atoms with Gasteiger partial charge in [0, 0.05) is 36.4 Å². The zero-order chi connectivity index (χ0) is 19.3. The van der Waals surface area contributed by atoms with Gasteiger partial charge < -0.3 is 20.1 Å². The zero-order valence-corrected chi connectivity index (χ0v) is 15.2. The summed E-state index contributed by atoms with van der Waals surface area (Å²) in [5, 5.41) is 0. The van der Waals surface area contributed by atoms with Gasteiger partial charge in [0.05, 0.1) is 6.61 Å². The molecule has 28 heavy (non-hydrogen) atoms. The average Bonchev–Trinajstić information content (AvgIpc) is 2.74. The molecule has 7 heteroatoms. The molecule has 0 bridgehead atoms. The molecule has 1 amide bonds. The fraction of sp³-hybridized carbons (Fsp3) is 0.190. The molecule has 0 spiro atoms. The van der Waals surface area contributed by atoms with Crippen molar-refractivity contribution in [1.29, 1.82) is 0 Å². The Morgan fingerprint density at radius 1 is 1.14 bits per heavy atom. The smallest absolute Gasteiger partial charge is 0.253 e. The molecular formula is C21H20N4O3. The Balaban J connectivity index is 1.57. The molecule has 4 rings (SSSR count). The van der Waals surface area contributed by atoms with E-state index in [-0.39, 0.29) is 12.5 Å². The van der Waals surface area contributed by atoms with Gasteiger partial charge in [-0.3, -0.25) is 9.78 Å². The van der Waals surface area contributed by atoms with Gasteiger partial charge in [0.15, 0.2) is 11.6 Å². The summed E-state index contributed by atoms with van der Waals surface area (Å²) in [5.41, 5.74) is 9.60. The number of nitrogens with two attached hydrogens (primary N) is 1. The molecule has 0 aliphatic carbocycles. The second kappa shape index (κ2) is 8.06. The summed E-state index contributed by atoms with van der Waals surface area (Å²) in [6, 6.07) is 13.4. The van der Waals surface area contributed by atoms with Gasteiger partial charge in [0.1, 0.15) is 13.2 Å². The van der Waals surface area contributed by atoms with Crippen LogP contribution >= 0.6 is 0 Å². The van der Waals surface area contributed by atoms with Crippen LogP contribution in [-0.4, -0.2) is 35.6 Å². The first-order valence-electron chi connectivity index (χ1n) is 8.96. The predicted octanol–water partition coefficient (Wildman–Crippen LogP) is 2.67. The molecule has 1 aliphatic heterocycles. The molecule has 0 atom stereocenters. The first-order valence-corrected chi connectivity index (χ1v) is 8.96. The molecule has 0 radical (unpaired) electrons. The van der Waals surface area contributed by atoms with Crippen LogP contribution in [0.25, 0.3) is 11.1 Å². The highest BCUT2D eigenvalue weighted by Crippen LogP contribution is 2.30. The van der Waals surface area contributed by atoms with Crippen LogP contribution in [0.3, 0.4) is 0 Å². The molecule has 7 nitrogen and oxygen atoms in total. The van der Waals surface area contributed by atoms with Crippen LogP contribution in [0.1, 0.15) is 5.56 Å². The van der Waals surface area contributed by atoms with E-state index in [2.05, 4.69) is 9.97 Å². The van der Waals surface area contributed by atoms with Crippen LogP contribution in [0.4, 0.5) is 11.5 Å². The zero-order valence-electron chi connectivity index (χ0n) is 15.2. The number of nitrogens with zero attached hydrogens (tertiary/aromatic N) is 3. The monoisotopic (exact) mass is 376 g/mol. The van der Waals surface area contributed by atoms with E-state index in [0.29, 0.717) is 31.3 Å². The van der Waals surface area contributed by atoms with Gasteiger partial charge in [0.25, 0.3) is 5.91 Å². The molecule has 0 saturated carbocycles. The largest absolute Gasteiger partial charge is 0.485 e. The summed E-state index contributed by atoms with van der Waals surface area (Å²) in [4.78, 5) is 22.1. The molecule has 2 N–H and O–H groups in total. The molecule has 3 aromatic rings. The normalized spacial score (nSPS) is 14.1. The van der Waals surface area contributed by atoms with E-state index in [1.54, 1.807) is 23.5 Å². The van der Waals surface area contributed by atoms with Crippen molar-refractivity contribution in [3.63, 3.8) is 0 Å². The summed E-state index contributed by atoms with van der Waals surface area (Å²) < 4.78 is 11.1. The minimum absolute atomic E-state index is 0.0415. The number of rotatable bonds is 5. The van der Waals surface area contributed by atoms with Crippen LogP contribution < -0.4 is 15.4 Å². The summed E-state index contributed by atoms with van der Waals surface area (Å²) in [6.07, 6.45) is 5.14. The predicted molar refractivity (Wildman–Crippen MR) is 106 cm³/mol. The number of nitrogen functional groups attached to an aromatic ring is 1. The number of morpholine rings is 1. The average molecular weight is 376 g/mol. The Morgan fingerprint density at radius 3 is 2.82 bits per heavy atom. The second-order valence-electron chi connectivity index (χ2n) is 6.40. The summed E-state index contributed by atoms with van der Waals surface area (Å²) in [6.45, 7) is 1.57. The third-order valence-electron chi connectivity index (χ3n) is 4.50. The van der Waals surface area contributed by atoms with Gasteiger partial charge in [-0.15, -0.1) is 0 Å². The maximum Gasteiger partial charge on any atom is 0.253 e. The van der Waals surface area contributed by atoms with Crippen molar-refractivity contribution in [2.75, 3.05) is 30.4 Å². The molecule has 0 unspecified atom stereocenters. The van der Waals surface area contributed by atoms with Gasteiger partial charge in [0.2, 0.25) is 0 Å². The van der Waals surface area contributed by atoms with Crippen molar-refractivity contribution in [2.45, 2.75) is 6.61 Å². The molecule has 3 heterocycles. The highest BCUT2D eigenvalue weighted by molar-refractivity contribution is 5.95. The third kappa shape index (κ3) is 3.94. The second-order valence-corrected chi connectivity index (χ2v) is 6.40. The lowest BCUT2D eigenvalue weighted by atomic mass is 10.1. The number of hydrogen-bond donors (Lipinski definition) is 1. The van der Waals surface area contributed by atoms with Gasteiger partial charge in [-0.2, -0.15) is 0 Å². The highest BCUT2D eigenvalue weighted by Gasteiger charge is 2.20. The number of carbonyl (C=O) groups excluding carboxylic acids is 1. The fourth-order valence-corrected chi connectivity index (χ4v) is 3.01. The van der Waals surface area contributed by atoms with Crippen molar-refractivity contribution in [3.8, 4) is 16.9 Å². The first-order chi connectivity index (χ1) is 13.7. The third-order valence-corrected chi connectivity index (χ3v) is 4.50. The standard InChI is InChI=1S/C21H20N4O3/c22-21-19(28-13-15-4-6-23-7-5-15)11-17(12-24-21)16-2-1-3-18(10-16)25-8-9-27-14-20(25)26/h1-7,10-12H,8-9,13-14H2,(H2,22,24). The molecule has 142 valence electrons. The molecule has 1 aromatic carbocycles. The summed E-state index contributed by atoms with van der Waals surface area (Å²) >= 11 is 0. The lowest BCUT2D eigenvalue weighted by Crippen LogP contribution is -2.41. The van der Waals surface area contributed by atoms with E-state index in [1.165, 1.54) is 0 Å². The number of benzene rings is 1. The number of ether oxygens (including phenoxy) is 2. The van der Waals surface area contributed by atoms with Crippen molar-refractivity contribution in [3.05, 3.63) is 66.6 Å². The van der Waals surface area contributed by atoms with Crippen LogP contribution in [0.15, 0.2) is 61.1 Å². The highest BCUT2D eigenvalue weighted by atomic mass is 16.5. The van der Waals surface area contributed by atoms with Crippen molar-refractivity contribution in [1.82, 2.24) is 9.97 Å². The fourth-order valence-electron chi connectivity index (χ4n) is 3.01. The van der Waals surface area contributed by atoms with Gasteiger partial charge in [-0.1, -0.05) is 12.1 Å². The van der Waals surface area contributed by atoms with Gasteiger partial charge >= 0.3 is 0 Å². The van der Waals surface area contributed by atoms with Crippen molar-refractivity contribution < 1.29 is 14.3 Å². The van der Waals surface area contributed by atoms with Gasteiger partial charge in [-0.25, -0.2) is 4.98 Å². The van der Waals surface area contributed by atoms with Gasteiger partial charge in [-0.05, 0) is 41.5 Å². The number of anilines is 2. The van der Waals surface area contributed by atoms with E-state index < -0.39 is 0 Å². The molecule has 1 saturated heterocycles. The minimum atomic E-state index is -0.0415. The van der Waals surface area contributed by atoms with E-state index in [0.717, 1.165) is 22.4 Å². The van der Waals surface area contributed by atoms with E-state index in [4.69, 9.17) is 15.2 Å². The number of amides is 1. The summed E-state index contributed by atoms with van der Waals surface area (Å²) in [5.74, 6) is 0.805. The lowest BCUT2D eigenvalue weighted by molar-refractivity contribution is -0.125. The van der Waals surface area contributed by atoms with Crippen LogP contribution in [0, 0.1) is 0 Å². The minimum Gasteiger partial charge on any atom is -0.485 e. The van der Waals surface area contributed by atoms with Crippen LogP contribution in [0.5, 0.6) is 5.75 Å². The molecule has 1 fully saturated rings. The molecular weight excluding hydrogens is 356 g/mol. The Morgan fingerprint density at radius 2 is 2.00 bits per heavy atom. The SMILES string of the molecule is Nc1ncc(-c2cccc(N3CCOCC3=O)c2)cc1OCc1ccncc1. The maximum absolute atomic E-state index is 12.1. The Kier molecular flexibility index (Phi) is 5.16. The van der Waals surface area contributed by atoms with Crippen molar-refractivity contribution >= 4 is 17.4 Å². The van der Waals surface area contributed by atoms with Crippen molar-refractivity contribution in [2.24, 2.45) is 0 Å². The topological polar surface area (TPSA) is 90.6 Å². The Bertz CT molecular complexity index is 978. The molecule has 1 aliphatic rings. The number of carbonyl (C=O) groups is 1. The number of pyridine rings is 2. The van der Waals surface area contributed by atoms with Crippen LogP contribution in [-0.2, 0) is 16.1 Å². The number of hydrogen-bond acceptors (Lipinski definition) is 6. The van der Waals surface area contributed by atoms with E-state index in [1.807, 2.05) is 42.5 Å². The maximum atomic E-state index is 12.1. The lowest BCUT2D eigenvalue weighted by Gasteiger charge is -2.27. The van der Waals surface area contributed by atoms with E-state index >= 15 is 0 Å². The summed E-state index contributed by atoms with van der Waals surface area (Å²) in [7, 11) is 0. The van der Waals surface area contributed by atoms with E-state index in [9.17, 15) is 4.79 Å². The number of aromatic nitrogens is 2. The first kappa shape index (κ1) is 17.9. The quantitative estimate of drug-likeness (QED) is 0.736.